The van der Waals surface area contributed by atoms with Crippen molar-refractivity contribution in [3.8, 4) is 0 Å². The third-order valence-electron chi connectivity index (χ3n) is 14.5. The van der Waals surface area contributed by atoms with E-state index in [1.54, 1.807) is 0 Å². The van der Waals surface area contributed by atoms with Crippen LogP contribution in [-0.2, 0) is 28.6 Å². The average Bonchev–Trinajstić information content (AvgIpc) is 3.45. The first kappa shape index (κ1) is 75.3. The van der Waals surface area contributed by atoms with Crippen molar-refractivity contribution >= 4 is 17.9 Å². The quantitative estimate of drug-likeness (QED) is 0.0261. The Morgan fingerprint density at radius 3 is 0.785 bits per heavy atom. The summed E-state index contributed by atoms with van der Waals surface area (Å²) in [5, 5.41) is 0. The van der Waals surface area contributed by atoms with Gasteiger partial charge in [-0.3, -0.25) is 14.4 Å². The molecule has 0 bridgehead atoms. The van der Waals surface area contributed by atoms with Gasteiger partial charge in [-0.25, -0.2) is 0 Å². The second kappa shape index (κ2) is 66.8. The van der Waals surface area contributed by atoms with Gasteiger partial charge >= 0.3 is 17.9 Å². The molecule has 0 saturated heterocycles. The Balaban J connectivity index is 4.41. The lowest BCUT2D eigenvalue weighted by atomic mass is 10.0. The van der Waals surface area contributed by atoms with Crippen molar-refractivity contribution in [1.29, 1.82) is 0 Å². The second-order valence-electron chi connectivity index (χ2n) is 22.3. The summed E-state index contributed by atoms with van der Waals surface area (Å²) in [6, 6.07) is 0. The smallest absolute Gasteiger partial charge is 0.306 e. The van der Waals surface area contributed by atoms with Crippen molar-refractivity contribution in [1.82, 2.24) is 0 Å². The number of carbonyl (C=O) groups is 3. The van der Waals surface area contributed by atoms with Crippen LogP contribution in [0.2, 0.25) is 0 Å². The number of unbranched alkanes of at least 4 members (excludes halogenated alkanes) is 34. The molecule has 0 amide bonds. The summed E-state index contributed by atoms with van der Waals surface area (Å²) in [5.41, 5.74) is 0. The minimum Gasteiger partial charge on any atom is -0.462 e. The van der Waals surface area contributed by atoms with Crippen LogP contribution >= 0.6 is 0 Å². The molecule has 6 nitrogen and oxygen atoms in total. The van der Waals surface area contributed by atoms with Gasteiger partial charge in [-0.05, 0) is 122 Å². The van der Waals surface area contributed by atoms with Crippen LogP contribution in [0.4, 0.5) is 0 Å². The van der Waals surface area contributed by atoms with E-state index in [0.717, 1.165) is 116 Å². The summed E-state index contributed by atoms with van der Waals surface area (Å²) in [5.74, 6) is -0.899. The van der Waals surface area contributed by atoms with Gasteiger partial charge in [-0.2, -0.15) is 0 Å². The van der Waals surface area contributed by atoms with Crippen LogP contribution in [0, 0.1) is 0 Å². The highest BCUT2D eigenvalue weighted by atomic mass is 16.6. The molecule has 0 aliphatic rings. The number of allylic oxidation sites excluding steroid dienone is 16. The van der Waals surface area contributed by atoms with E-state index in [2.05, 4.69) is 118 Å². The number of hydrogen-bond donors (Lipinski definition) is 0. The van der Waals surface area contributed by atoms with Crippen LogP contribution in [0.1, 0.15) is 329 Å². The van der Waals surface area contributed by atoms with Gasteiger partial charge in [0.15, 0.2) is 6.10 Å². The summed E-state index contributed by atoms with van der Waals surface area (Å²) in [6.45, 7) is 6.53. The van der Waals surface area contributed by atoms with Gasteiger partial charge in [0, 0.05) is 19.3 Å². The average molecular weight is 1100 g/mol. The van der Waals surface area contributed by atoms with Crippen molar-refractivity contribution in [2.75, 3.05) is 13.2 Å². The molecular weight excluding hydrogens is 973 g/mol. The van der Waals surface area contributed by atoms with E-state index in [1.165, 1.54) is 173 Å². The molecule has 0 spiro atoms. The van der Waals surface area contributed by atoms with Crippen LogP contribution in [0.5, 0.6) is 0 Å². The summed E-state index contributed by atoms with van der Waals surface area (Å²) >= 11 is 0. The molecule has 0 rings (SSSR count). The van der Waals surface area contributed by atoms with E-state index in [1.807, 2.05) is 0 Å². The topological polar surface area (TPSA) is 78.9 Å². The molecule has 0 N–H and O–H groups in total. The van der Waals surface area contributed by atoms with Crippen molar-refractivity contribution in [2.45, 2.75) is 335 Å². The molecule has 0 aromatic heterocycles. The molecule has 0 aliphatic carbocycles. The minimum atomic E-state index is -0.793. The number of rotatable bonds is 61. The van der Waals surface area contributed by atoms with Gasteiger partial charge in [-0.1, -0.05) is 285 Å². The molecule has 0 radical (unpaired) electrons. The highest BCUT2D eigenvalue weighted by Crippen LogP contribution is 2.16. The van der Waals surface area contributed by atoms with Gasteiger partial charge in [-0.15, -0.1) is 0 Å². The summed E-state index contributed by atoms with van der Waals surface area (Å²) < 4.78 is 17.0. The predicted octanol–water partition coefficient (Wildman–Crippen LogP) is 23.2. The van der Waals surface area contributed by atoms with E-state index in [0.29, 0.717) is 19.3 Å². The lowest BCUT2D eigenvalue weighted by Gasteiger charge is -2.18. The molecule has 0 aliphatic heterocycles. The number of hydrogen-bond acceptors (Lipinski definition) is 6. The predicted molar refractivity (Wildman–Crippen MR) is 344 cm³/mol. The Morgan fingerprint density at radius 2 is 0.494 bits per heavy atom. The van der Waals surface area contributed by atoms with Gasteiger partial charge in [0.05, 0.1) is 0 Å². The Bertz CT molecular complexity index is 1540. The normalized spacial score (nSPS) is 12.7. The fourth-order valence-corrected chi connectivity index (χ4v) is 9.50. The molecule has 0 aromatic carbocycles. The van der Waals surface area contributed by atoms with Gasteiger partial charge in [0.25, 0.3) is 0 Å². The standard InChI is InChI=1S/C73H126O6/c1-4-7-10-13-16-19-22-25-28-31-33-35-36-38-39-42-45-48-51-54-57-60-63-66-72(75)78-69-70(68-77-71(74)65-62-59-56-53-50-47-44-41-30-27-24-21-18-15-12-9-6-3)79-73(76)67-64-61-58-55-52-49-46-43-40-37-34-32-29-26-23-20-17-14-11-8-5-2/h8,11,17,20,22,25-27,29-31,33-34,37,43,46,70H,4-7,9-10,12-16,18-19,21,23-24,28,32,35-36,38-42,44-45,47-69H2,1-3H3/b11-8-,20-17-,25-22-,29-26-,30-27-,33-31-,37-34-,46-43-. The molecule has 0 aromatic rings. The van der Waals surface area contributed by atoms with Crippen LogP contribution in [0.15, 0.2) is 97.2 Å². The van der Waals surface area contributed by atoms with Crippen LogP contribution in [-0.4, -0.2) is 37.2 Å². The molecule has 1 unspecified atom stereocenters. The number of carbonyl (C=O) groups excluding carboxylic acids is 3. The molecular formula is C73H126O6. The van der Waals surface area contributed by atoms with Crippen molar-refractivity contribution in [3.05, 3.63) is 97.2 Å². The van der Waals surface area contributed by atoms with E-state index in [9.17, 15) is 14.4 Å². The highest BCUT2D eigenvalue weighted by molar-refractivity contribution is 5.71. The van der Waals surface area contributed by atoms with Gasteiger partial charge in [0.2, 0.25) is 0 Å². The highest BCUT2D eigenvalue weighted by Gasteiger charge is 2.19. The first-order valence-corrected chi connectivity index (χ1v) is 33.7. The van der Waals surface area contributed by atoms with Gasteiger partial charge < -0.3 is 14.2 Å². The largest absolute Gasteiger partial charge is 0.462 e. The molecule has 0 heterocycles. The Hall–Kier alpha value is -3.67. The number of esters is 3. The Morgan fingerprint density at radius 1 is 0.266 bits per heavy atom. The van der Waals surface area contributed by atoms with Crippen molar-refractivity contribution in [3.63, 3.8) is 0 Å². The van der Waals surface area contributed by atoms with E-state index < -0.39 is 6.10 Å². The Labute approximate surface area is 489 Å². The van der Waals surface area contributed by atoms with E-state index in [-0.39, 0.29) is 31.1 Å². The maximum Gasteiger partial charge on any atom is 0.306 e. The lowest BCUT2D eigenvalue weighted by molar-refractivity contribution is -0.167. The van der Waals surface area contributed by atoms with Crippen molar-refractivity contribution < 1.29 is 28.6 Å². The fourth-order valence-electron chi connectivity index (χ4n) is 9.50. The minimum absolute atomic E-state index is 0.0871. The maximum atomic E-state index is 12.9. The summed E-state index contributed by atoms with van der Waals surface area (Å²) in [7, 11) is 0. The summed E-state index contributed by atoms with van der Waals surface area (Å²) in [4.78, 5) is 38.4. The van der Waals surface area contributed by atoms with E-state index >= 15 is 0 Å². The molecule has 454 valence electrons. The van der Waals surface area contributed by atoms with E-state index in [4.69, 9.17) is 14.2 Å². The third kappa shape index (κ3) is 65.0. The zero-order valence-corrected chi connectivity index (χ0v) is 52.1. The van der Waals surface area contributed by atoms with Crippen LogP contribution in [0.3, 0.4) is 0 Å². The Kier molecular flexibility index (Phi) is 63.7. The molecule has 0 saturated carbocycles. The zero-order valence-electron chi connectivity index (χ0n) is 52.1. The summed E-state index contributed by atoms with van der Waals surface area (Å²) in [6.07, 6.45) is 89.8. The van der Waals surface area contributed by atoms with Crippen molar-refractivity contribution in [2.24, 2.45) is 0 Å². The van der Waals surface area contributed by atoms with Gasteiger partial charge in [0.1, 0.15) is 13.2 Å². The fraction of sp³-hybridized carbons (Fsp3) is 0.740. The molecule has 79 heavy (non-hydrogen) atoms. The number of ether oxygens (including phenoxy) is 3. The second-order valence-corrected chi connectivity index (χ2v) is 22.3. The first-order valence-electron chi connectivity index (χ1n) is 33.7. The lowest BCUT2D eigenvalue weighted by Crippen LogP contribution is -2.30. The third-order valence-corrected chi connectivity index (χ3v) is 14.5. The zero-order chi connectivity index (χ0) is 57.1. The van der Waals surface area contributed by atoms with Crippen LogP contribution < -0.4 is 0 Å². The molecule has 1 atom stereocenters. The maximum absolute atomic E-state index is 12.9. The monoisotopic (exact) mass is 1100 g/mol. The SMILES string of the molecule is CC/C=C\C/C=C\C/C=C\C/C=C\C/C=C\CCCCCCCC(=O)OC(COC(=O)CCCCCCCCC/C=C\CCCCCCCC)COC(=O)CCCCCCCCCCCCC/C=C\C/C=C\CCCCCCC. The first-order chi connectivity index (χ1) is 39.0. The van der Waals surface area contributed by atoms with Crippen LogP contribution in [0.25, 0.3) is 0 Å². The molecule has 6 heteroatoms. The molecule has 0 fully saturated rings.